The molecule has 0 saturated heterocycles. The Labute approximate surface area is 289 Å². The highest BCUT2D eigenvalue weighted by molar-refractivity contribution is 6.13. The van der Waals surface area contributed by atoms with E-state index < -0.39 is 6.17 Å². The second kappa shape index (κ2) is 11.5. The number of amidine groups is 2. The van der Waals surface area contributed by atoms with Crippen LogP contribution in [0.15, 0.2) is 162 Å². The molecule has 3 aliphatic rings. The van der Waals surface area contributed by atoms with E-state index in [1.165, 1.54) is 27.0 Å². The van der Waals surface area contributed by atoms with E-state index in [1.54, 1.807) is 0 Å². The first-order chi connectivity index (χ1) is 24.8. The standard InChI is InChI=1S/C43H31N7/c1-4-14-28(15-5-1)40-46-41(29-16-6-2-7-17-29)48-42(47-40)30-26-44-43(45-27-30)50-37-23-13-11-21-33(37)35-24-34-32-20-10-12-22-36(32)49(38(34)25-39(35)50)31-18-8-3-9-19-31/h1-27,35,39,42H,(H,46,47,48). The van der Waals surface area contributed by atoms with Gasteiger partial charge in [-0.3, -0.25) is 0 Å². The minimum Gasteiger partial charge on any atom is -0.344 e. The van der Waals surface area contributed by atoms with Crippen LogP contribution in [0.25, 0.3) is 28.7 Å². The van der Waals surface area contributed by atoms with Crippen molar-refractivity contribution in [3.05, 3.63) is 185 Å². The largest absolute Gasteiger partial charge is 0.344 e. The summed E-state index contributed by atoms with van der Waals surface area (Å²) in [5.41, 5.74) is 7.56. The first-order valence-electron chi connectivity index (χ1n) is 16.9. The fraction of sp³-hybridized carbons (Fsp3) is 0.0698. The number of hydrogen-bond donors (Lipinski definition) is 1. The predicted octanol–water partition coefficient (Wildman–Crippen LogP) is 6.79. The average molecular weight is 646 g/mol. The molecule has 0 bridgehead atoms. The molecule has 0 amide bonds. The second-order valence-electron chi connectivity index (χ2n) is 12.8. The van der Waals surface area contributed by atoms with Crippen LogP contribution >= 0.6 is 0 Å². The van der Waals surface area contributed by atoms with Crippen molar-refractivity contribution in [3.63, 3.8) is 0 Å². The maximum Gasteiger partial charge on any atom is 0.230 e. The number of fused-ring (bicyclic) bond motifs is 6. The zero-order valence-corrected chi connectivity index (χ0v) is 27.0. The molecule has 50 heavy (non-hydrogen) atoms. The molecule has 1 aliphatic carbocycles. The Balaban J connectivity index is 1.07. The molecule has 0 spiro atoms. The van der Waals surface area contributed by atoms with Gasteiger partial charge in [-0.05, 0) is 35.9 Å². The van der Waals surface area contributed by atoms with E-state index in [-0.39, 0.29) is 12.0 Å². The quantitative estimate of drug-likeness (QED) is 0.224. The topological polar surface area (TPSA) is 70.7 Å². The lowest BCUT2D eigenvalue weighted by molar-refractivity contribution is 0.665. The van der Waals surface area contributed by atoms with Gasteiger partial charge in [0.25, 0.3) is 0 Å². The summed E-state index contributed by atoms with van der Waals surface area (Å²) in [6.07, 6.45) is 8.25. The van der Waals surface area contributed by atoms with E-state index in [9.17, 15) is 0 Å². The maximum atomic E-state index is 5.03. The molecule has 0 fully saturated rings. The third kappa shape index (κ3) is 4.58. The summed E-state index contributed by atoms with van der Waals surface area (Å²) in [6, 6.07) is 48.2. The van der Waals surface area contributed by atoms with Crippen molar-refractivity contribution in [2.45, 2.75) is 18.1 Å². The van der Waals surface area contributed by atoms with E-state index in [0.29, 0.717) is 11.8 Å². The SMILES string of the molecule is C1=c2c(n(-c3ccccc3)c3ccccc23)=CC2C1c1ccccc1N2c1ncc(C2N=C(c3ccccc3)N=C(c3ccccc3)N2)cn1. The Kier molecular flexibility index (Phi) is 6.55. The van der Waals surface area contributed by atoms with Gasteiger partial charge in [-0.15, -0.1) is 0 Å². The number of benzene rings is 5. The highest BCUT2D eigenvalue weighted by Gasteiger charge is 2.40. The van der Waals surface area contributed by atoms with Crippen LogP contribution in [0.4, 0.5) is 11.6 Å². The highest BCUT2D eigenvalue weighted by Crippen LogP contribution is 2.46. The number of anilines is 2. The summed E-state index contributed by atoms with van der Waals surface area (Å²) in [5, 5.41) is 7.25. The van der Waals surface area contributed by atoms with Crippen LogP contribution in [0.2, 0.25) is 0 Å². The summed E-state index contributed by atoms with van der Waals surface area (Å²) in [6.45, 7) is 0. The molecule has 7 aromatic rings. The van der Waals surface area contributed by atoms with E-state index in [1.807, 2.05) is 60.9 Å². The number of nitrogens with one attached hydrogen (secondary N) is 1. The van der Waals surface area contributed by atoms with Crippen LogP contribution in [0, 0.1) is 0 Å². The van der Waals surface area contributed by atoms with E-state index in [4.69, 9.17) is 20.0 Å². The van der Waals surface area contributed by atoms with E-state index in [0.717, 1.165) is 33.9 Å². The Morgan fingerprint density at radius 2 is 1.28 bits per heavy atom. The van der Waals surface area contributed by atoms with Gasteiger partial charge in [0.15, 0.2) is 12.0 Å². The fourth-order valence-electron chi connectivity index (χ4n) is 7.60. The summed E-state index contributed by atoms with van der Waals surface area (Å²) in [4.78, 5) is 22.3. The number of aromatic nitrogens is 3. The van der Waals surface area contributed by atoms with Crippen LogP contribution < -0.4 is 20.8 Å². The molecular formula is C43H31N7. The number of rotatable bonds is 5. The van der Waals surface area contributed by atoms with Gasteiger partial charge in [0.1, 0.15) is 5.84 Å². The lowest BCUT2D eigenvalue weighted by atomic mass is 9.90. The first kappa shape index (κ1) is 28.4. The molecule has 4 heterocycles. The van der Waals surface area contributed by atoms with Gasteiger partial charge < -0.3 is 14.8 Å². The zero-order chi connectivity index (χ0) is 33.0. The molecule has 3 atom stereocenters. The van der Waals surface area contributed by atoms with Crippen LogP contribution in [-0.2, 0) is 0 Å². The third-order valence-electron chi connectivity index (χ3n) is 9.87. The molecule has 2 aliphatic heterocycles. The number of para-hydroxylation sites is 3. The van der Waals surface area contributed by atoms with Crippen molar-refractivity contribution in [2.24, 2.45) is 9.98 Å². The van der Waals surface area contributed by atoms with Crippen LogP contribution in [-0.4, -0.2) is 32.2 Å². The van der Waals surface area contributed by atoms with Crippen LogP contribution in [0.5, 0.6) is 0 Å². The summed E-state index contributed by atoms with van der Waals surface area (Å²) >= 11 is 0. The molecule has 5 aromatic carbocycles. The summed E-state index contributed by atoms with van der Waals surface area (Å²) < 4.78 is 2.38. The molecule has 7 nitrogen and oxygen atoms in total. The van der Waals surface area contributed by atoms with Crippen molar-refractivity contribution < 1.29 is 0 Å². The Morgan fingerprint density at radius 3 is 2.06 bits per heavy atom. The normalized spacial score (nSPS) is 18.9. The first-order valence-corrected chi connectivity index (χ1v) is 16.9. The lowest BCUT2D eigenvalue weighted by Gasteiger charge is -2.27. The minimum absolute atomic E-state index is 0.00449. The Bertz CT molecular complexity index is 2570. The summed E-state index contributed by atoms with van der Waals surface area (Å²) in [5.74, 6) is 2.25. The van der Waals surface area contributed by atoms with Gasteiger partial charge in [-0.25, -0.2) is 20.0 Å². The van der Waals surface area contributed by atoms with Crippen LogP contribution in [0.3, 0.4) is 0 Å². The summed E-state index contributed by atoms with van der Waals surface area (Å²) in [7, 11) is 0. The van der Waals surface area contributed by atoms with Crippen molar-refractivity contribution in [3.8, 4) is 5.69 Å². The van der Waals surface area contributed by atoms with E-state index in [2.05, 4.69) is 118 Å². The van der Waals surface area contributed by atoms with Crippen molar-refractivity contribution in [1.29, 1.82) is 0 Å². The lowest BCUT2D eigenvalue weighted by Crippen LogP contribution is -2.40. The third-order valence-corrected chi connectivity index (χ3v) is 9.87. The number of hydrogen-bond acceptors (Lipinski definition) is 6. The Morgan fingerprint density at radius 1 is 0.620 bits per heavy atom. The predicted molar refractivity (Wildman–Crippen MR) is 200 cm³/mol. The minimum atomic E-state index is -0.399. The maximum absolute atomic E-state index is 5.03. The van der Waals surface area contributed by atoms with Crippen molar-refractivity contribution >= 4 is 46.4 Å². The number of nitrogens with zero attached hydrogens (tertiary/aromatic N) is 6. The molecule has 1 N–H and O–H groups in total. The monoisotopic (exact) mass is 645 g/mol. The van der Waals surface area contributed by atoms with Gasteiger partial charge in [0.05, 0.1) is 16.9 Å². The van der Waals surface area contributed by atoms with Crippen LogP contribution in [0.1, 0.15) is 34.3 Å². The van der Waals surface area contributed by atoms with Gasteiger partial charge in [0, 0.05) is 57.0 Å². The molecule has 2 aromatic heterocycles. The average Bonchev–Trinajstić information content (AvgIpc) is 3.70. The molecule has 0 radical (unpaired) electrons. The molecule has 10 rings (SSSR count). The molecular weight excluding hydrogens is 615 g/mol. The smallest absolute Gasteiger partial charge is 0.230 e. The van der Waals surface area contributed by atoms with Crippen molar-refractivity contribution in [2.75, 3.05) is 4.90 Å². The van der Waals surface area contributed by atoms with Gasteiger partial charge in [-0.2, -0.15) is 0 Å². The van der Waals surface area contributed by atoms with Gasteiger partial charge in [-0.1, -0.05) is 121 Å². The molecule has 0 saturated carbocycles. The van der Waals surface area contributed by atoms with E-state index >= 15 is 0 Å². The molecule has 7 heteroatoms. The highest BCUT2D eigenvalue weighted by atomic mass is 15.3. The van der Waals surface area contributed by atoms with Gasteiger partial charge >= 0.3 is 0 Å². The fourth-order valence-corrected chi connectivity index (χ4v) is 7.60. The molecule has 238 valence electrons. The second-order valence-corrected chi connectivity index (χ2v) is 12.8. The number of aliphatic imine (C=N–C) groups is 2. The van der Waals surface area contributed by atoms with Crippen molar-refractivity contribution in [1.82, 2.24) is 19.9 Å². The Hall–Kier alpha value is -6.60. The zero-order valence-electron chi connectivity index (χ0n) is 27.0. The van der Waals surface area contributed by atoms with Gasteiger partial charge in [0.2, 0.25) is 5.95 Å². The molecule has 3 unspecified atom stereocenters.